The van der Waals surface area contributed by atoms with E-state index in [-0.39, 0.29) is 11.3 Å². The van der Waals surface area contributed by atoms with Crippen LogP contribution in [0.4, 0.5) is 0 Å². The zero-order chi connectivity index (χ0) is 22.8. The highest BCUT2D eigenvalue weighted by Crippen LogP contribution is 2.41. The van der Waals surface area contributed by atoms with Gasteiger partial charge >= 0.3 is 0 Å². The molecule has 1 atom stereocenters. The molecule has 2 N–H and O–H groups in total. The number of benzene rings is 1. The maximum Gasteiger partial charge on any atom is 0.295 e. The van der Waals surface area contributed by atoms with Gasteiger partial charge in [0.1, 0.15) is 11.5 Å². The number of methoxy groups -OCH3 is 1. The van der Waals surface area contributed by atoms with Gasteiger partial charge in [-0.1, -0.05) is 12.1 Å². The van der Waals surface area contributed by atoms with Crippen LogP contribution in [0.2, 0.25) is 0 Å². The molecule has 1 saturated heterocycles. The average Bonchev–Trinajstić information content (AvgIpc) is 3.49. The van der Waals surface area contributed by atoms with E-state index in [1.165, 1.54) is 4.90 Å². The first-order valence-corrected chi connectivity index (χ1v) is 10.3. The summed E-state index contributed by atoms with van der Waals surface area (Å²) >= 11 is 0. The van der Waals surface area contributed by atoms with Gasteiger partial charge in [-0.15, -0.1) is 0 Å². The average molecular weight is 435 g/mol. The summed E-state index contributed by atoms with van der Waals surface area (Å²) in [5.74, 6) is -0.971. The molecule has 1 aliphatic rings. The molecule has 0 radical (unpaired) electrons. The number of aryl methyl sites for hydroxylation is 3. The molecule has 9 heteroatoms. The van der Waals surface area contributed by atoms with Crippen molar-refractivity contribution >= 4 is 17.4 Å². The highest BCUT2D eigenvalue weighted by Gasteiger charge is 2.46. The summed E-state index contributed by atoms with van der Waals surface area (Å²) in [6.45, 7) is 4.48. The number of aliphatic hydroxyl groups excluding tert-OH is 1. The van der Waals surface area contributed by atoms with Crippen molar-refractivity contribution in [1.82, 2.24) is 24.6 Å². The van der Waals surface area contributed by atoms with Crippen molar-refractivity contribution in [1.29, 1.82) is 0 Å². The maximum absolute atomic E-state index is 13.1. The van der Waals surface area contributed by atoms with Crippen molar-refractivity contribution in [3.63, 3.8) is 0 Å². The first kappa shape index (κ1) is 21.4. The van der Waals surface area contributed by atoms with Gasteiger partial charge in [-0.25, -0.2) is 4.98 Å². The van der Waals surface area contributed by atoms with Gasteiger partial charge in [0.2, 0.25) is 0 Å². The van der Waals surface area contributed by atoms with Crippen LogP contribution in [0.1, 0.15) is 35.0 Å². The SMILES string of the molecule is COc1cccc([C@@H]2C(=C(O)c3c(C)n[nH]c3C)C(=O)C(=O)N2CCCn2ccnc2)c1. The van der Waals surface area contributed by atoms with E-state index < -0.39 is 17.7 Å². The highest BCUT2D eigenvalue weighted by atomic mass is 16.5. The van der Waals surface area contributed by atoms with E-state index in [9.17, 15) is 14.7 Å². The topological polar surface area (TPSA) is 113 Å². The van der Waals surface area contributed by atoms with Crippen molar-refractivity contribution in [3.05, 3.63) is 71.1 Å². The minimum Gasteiger partial charge on any atom is -0.507 e. The number of aliphatic hydroxyl groups is 1. The Bertz CT molecular complexity index is 1160. The Labute approximate surface area is 185 Å². The standard InChI is InChI=1S/C23H25N5O4/c1-14-18(15(2)26-25-14)21(29)19-20(16-6-4-7-17(12-16)32-3)28(23(31)22(19)30)10-5-9-27-11-8-24-13-27/h4,6-8,11-13,20,29H,5,9-10H2,1-3H3,(H,25,26)/t20-/m1/s1. The van der Waals surface area contributed by atoms with Crippen molar-refractivity contribution in [3.8, 4) is 5.75 Å². The Morgan fingerprint density at radius 3 is 2.72 bits per heavy atom. The molecule has 1 aromatic carbocycles. The third-order valence-electron chi connectivity index (χ3n) is 5.69. The van der Waals surface area contributed by atoms with Gasteiger partial charge in [0.25, 0.3) is 11.7 Å². The number of ketones is 1. The number of nitrogens with one attached hydrogen (secondary N) is 1. The third-order valence-corrected chi connectivity index (χ3v) is 5.69. The lowest BCUT2D eigenvalue weighted by molar-refractivity contribution is -0.139. The van der Waals surface area contributed by atoms with Gasteiger partial charge in [0.15, 0.2) is 0 Å². The number of imidazole rings is 1. The number of amides is 1. The van der Waals surface area contributed by atoms with Gasteiger partial charge in [-0.2, -0.15) is 5.10 Å². The van der Waals surface area contributed by atoms with E-state index >= 15 is 0 Å². The predicted molar refractivity (Wildman–Crippen MR) is 117 cm³/mol. The van der Waals surface area contributed by atoms with Crippen molar-refractivity contribution < 1.29 is 19.4 Å². The number of likely N-dealkylation sites (tertiary alicyclic amines) is 1. The number of aromatic amines is 1. The molecule has 0 bridgehead atoms. The van der Waals surface area contributed by atoms with E-state index in [0.29, 0.717) is 47.8 Å². The molecule has 166 valence electrons. The summed E-state index contributed by atoms with van der Waals surface area (Å²) in [5.41, 5.74) is 2.35. The molecule has 1 fully saturated rings. The van der Waals surface area contributed by atoms with Gasteiger partial charge in [0.05, 0.1) is 36.3 Å². The number of ether oxygens (including phenoxy) is 1. The molecule has 0 unspecified atom stereocenters. The van der Waals surface area contributed by atoms with Gasteiger partial charge < -0.3 is 19.3 Å². The van der Waals surface area contributed by atoms with E-state index in [0.717, 1.165) is 0 Å². The van der Waals surface area contributed by atoms with E-state index in [1.54, 1.807) is 51.7 Å². The number of aromatic nitrogens is 4. The Morgan fingerprint density at radius 1 is 1.25 bits per heavy atom. The van der Waals surface area contributed by atoms with Crippen LogP contribution in [0, 0.1) is 13.8 Å². The second kappa shape index (κ2) is 8.70. The van der Waals surface area contributed by atoms with Gasteiger partial charge in [-0.3, -0.25) is 14.7 Å². The quantitative estimate of drug-likeness (QED) is 0.335. The van der Waals surface area contributed by atoms with Crippen LogP contribution in [0.15, 0.2) is 48.6 Å². The minimum absolute atomic E-state index is 0.0542. The zero-order valence-electron chi connectivity index (χ0n) is 18.2. The number of nitrogens with zero attached hydrogens (tertiary/aromatic N) is 4. The molecule has 3 heterocycles. The fourth-order valence-electron chi connectivity index (χ4n) is 4.15. The predicted octanol–water partition coefficient (Wildman–Crippen LogP) is 2.74. The lowest BCUT2D eigenvalue weighted by atomic mass is 9.94. The summed E-state index contributed by atoms with van der Waals surface area (Å²) in [5, 5.41) is 18.1. The molecule has 0 aliphatic carbocycles. The van der Waals surface area contributed by atoms with E-state index in [2.05, 4.69) is 15.2 Å². The molecular formula is C23H25N5O4. The lowest BCUT2D eigenvalue weighted by Crippen LogP contribution is -2.31. The first-order valence-electron chi connectivity index (χ1n) is 10.3. The molecule has 3 aromatic rings. The monoisotopic (exact) mass is 435 g/mol. The largest absolute Gasteiger partial charge is 0.507 e. The molecule has 9 nitrogen and oxygen atoms in total. The Morgan fingerprint density at radius 2 is 2.06 bits per heavy atom. The summed E-state index contributed by atoms with van der Waals surface area (Å²) in [4.78, 5) is 31.7. The molecule has 4 rings (SSSR count). The van der Waals surface area contributed by atoms with Crippen LogP contribution in [0.25, 0.3) is 5.76 Å². The van der Waals surface area contributed by atoms with Crippen molar-refractivity contribution in [2.24, 2.45) is 0 Å². The summed E-state index contributed by atoms with van der Waals surface area (Å²) in [7, 11) is 1.55. The van der Waals surface area contributed by atoms with Crippen LogP contribution in [-0.4, -0.2) is 55.1 Å². The van der Waals surface area contributed by atoms with Crippen LogP contribution < -0.4 is 4.74 Å². The van der Waals surface area contributed by atoms with Crippen LogP contribution in [0.5, 0.6) is 5.75 Å². The molecule has 0 spiro atoms. The number of H-pyrrole nitrogens is 1. The smallest absolute Gasteiger partial charge is 0.295 e. The molecule has 1 amide bonds. The number of carbonyl (C=O) groups is 2. The highest BCUT2D eigenvalue weighted by molar-refractivity contribution is 6.46. The summed E-state index contributed by atoms with van der Waals surface area (Å²) < 4.78 is 7.26. The van der Waals surface area contributed by atoms with E-state index in [1.807, 2.05) is 16.8 Å². The fourth-order valence-corrected chi connectivity index (χ4v) is 4.15. The number of hydrogen-bond acceptors (Lipinski definition) is 6. The third kappa shape index (κ3) is 3.77. The van der Waals surface area contributed by atoms with Gasteiger partial charge in [0, 0.05) is 31.2 Å². The number of hydrogen-bond donors (Lipinski definition) is 2. The molecule has 32 heavy (non-hydrogen) atoms. The summed E-state index contributed by atoms with van der Waals surface area (Å²) in [6, 6.07) is 6.46. The van der Waals surface area contributed by atoms with E-state index in [4.69, 9.17) is 4.74 Å². The van der Waals surface area contributed by atoms with Crippen LogP contribution >= 0.6 is 0 Å². The second-order valence-electron chi connectivity index (χ2n) is 7.73. The number of Topliss-reactive ketones (excluding diaryl/α,β-unsaturated/α-hetero) is 1. The Balaban J connectivity index is 1.77. The van der Waals surface area contributed by atoms with Gasteiger partial charge in [-0.05, 0) is 38.0 Å². The Kier molecular flexibility index (Phi) is 5.81. The normalized spacial score (nSPS) is 17.8. The maximum atomic E-state index is 13.1. The lowest BCUT2D eigenvalue weighted by Gasteiger charge is -2.25. The van der Waals surface area contributed by atoms with Crippen LogP contribution in [0.3, 0.4) is 0 Å². The zero-order valence-corrected chi connectivity index (χ0v) is 18.2. The molecular weight excluding hydrogens is 410 g/mol. The number of rotatable bonds is 7. The van der Waals surface area contributed by atoms with Crippen molar-refractivity contribution in [2.75, 3.05) is 13.7 Å². The summed E-state index contributed by atoms with van der Waals surface area (Å²) in [6.07, 6.45) is 5.86. The first-order chi connectivity index (χ1) is 15.4. The molecule has 2 aromatic heterocycles. The minimum atomic E-state index is -0.735. The Hall–Kier alpha value is -3.88. The van der Waals surface area contributed by atoms with Crippen LogP contribution in [-0.2, 0) is 16.1 Å². The number of carbonyl (C=O) groups excluding carboxylic acids is 2. The molecule has 0 saturated carbocycles. The van der Waals surface area contributed by atoms with Crippen molar-refractivity contribution in [2.45, 2.75) is 32.9 Å². The molecule has 1 aliphatic heterocycles. The fraction of sp³-hybridized carbons (Fsp3) is 0.304. The second-order valence-corrected chi connectivity index (χ2v) is 7.73.